The summed E-state index contributed by atoms with van der Waals surface area (Å²) in [7, 11) is 0. The first-order chi connectivity index (χ1) is 10.7. The van der Waals surface area contributed by atoms with Gasteiger partial charge in [0.05, 0.1) is 0 Å². The van der Waals surface area contributed by atoms with Gasteiger partial charge in [-0.25, -0.2) is 4.98 Å². The molecular formula is C14H21N7O. The quantitative estimate of drug-likeness (QED) is 0.842. The van der Waals surface area contributed by atoms with E-state index in [-0.39, 0.29) is 5.91 Å². The number of aromatic nitrogens is 4. The van der Waals surface area contributed by atoms with Crippen LogP contribution in [0.15, 0.2) is 12.4 Å². The highest BCUT2D eigenvalue weighted by Crippen LogP contribution is 2.18. The highest BCUT2D eigenvalue weighted by Gasteiger charge is 2.22. The molecule has 3 heterocycles. The summed E-state index contributed by atoms with van der Waals surface area (Å²) in [6.45, 7) is 5.53. The van der Waals surface area contributed by atoms with Crippen LogP contribution in [0.5, 0.6) is 0 Å². The Morgan fingerprint density at radius 1 is 1.32 bits per heavy atom. The molecule has 1 amide bonds. The van der Waals surface area contributed by atoms with Gasteiger partial charge in [-0.1, -0.05) is 0 Å². The van der Waals surface area contributed by atoms with Crippen molar-refractivity contribution in [2.24, 2.45) is 5.73 Å². The van der Waals surface area contributed by atoms with Crippen LogP contribution in [0.2, 0.25) is 0 Å². The van der Waals surface area contributed by atoms with Gasteiger partial charge in [-0.2, -0.15) is 14.6 Å². The van der Waals surface area contributed by atoms with Gasteiger partial charge in [0.2, 0.25) is 5.91 Å². The van der Waals surface area contributed by atoms with Crippen molar-refractivity contribution in [3.63, 3.8) is 0 Å². The SMILES string of the molecule is Cc1cc(N2CCN(C(=O)CCCN)CC2)n2ncnc2n1. The van der Waals surface area contributed by atoms with Crippen LogP contribution in [0, 0.1) is 6.92 Å². The van der Waals surface area contributed by atoms with Crippen LogP contribution in [-0.4, -0.2) is 63.1 Å². The molecule has 0 saturated carbocycles. The van der Waals surface area contributed by atoms with E-state index < -0.39 is 0 Å². The van der Waals surface area contributed by atoms with E-state index >= 15 is 0 Å². The van der Waals surface area contributed by atoms with Gasteiger partial charge in [-0.3, -0.25) is 4.79 Å². The standard InChI is InChI=1S/C14H21N7O/c1-11-9-12(21-14(18-11)16-10-17-21)19-5-7-20(8-6-19)13(22)3-2-4-15/h9-10H,2-8,15H2,1H3. The summed E-state index contributed by atoms with van der Waals surface area (Å²) >= 11 is 0. The van der Waals surface area contributed by atoms with Gasteiger partial charge in [0, 0.05) is 44.4 Å². The van der Waals surface area contributed by atoms with E-state index in [1.54, 1.807) is 4.52 Å². The molecule has 8 nitrogen and oxygen atoms in total. The number of fused-ring (bicyclic) bond motifs is 1. The Labute approximate surface area is 128 Å². The normalized spacial score (nSPS) is 15.5. The number of carbonyl (C=O) groups excluding carboxylic acids is 1. The number of rotatable bonds is 4. The predicted octanol–water partition coefficient (Wildman–Crippen LogP) is -0.180. The molecule has 3 rings (SSSR count). The van der Waals surface area contributed by atoms with Gasteiger partial charge in [0.25, 0.3) is 5.78 Å². The Morgan fingerprint density at radius 3 is 2.82 bits per heavy atom. The fourth-order valence-electron chi connectivity index (χ4n) is 2.73. The van der Waals surface area contributed by atoms with Gasteiger partial charge in [0.1, 0.15) is 12.1 Å². The molecule has 118 valence electrons. The molecule has 0 aromatic carbocycles. The van der Waals surface area contributed by atoms with Crippen molar-refractivity contribution in [3.8, 4) is 0 Å². The van der Waals surface area contributed by atoms with Gasteiger partial charge in [0.15, 0.2) is 0 Å². The number of anilines is 1. The molecule has 0 bridgehead atoms. The van der Waals surface area contributed by atoms with Gasteiger partial charge in [-0.15, -0.1) is 0 Å². The number of hydrogen-bond acceptors (Lipinski definition) is 6. The zero-order valence-corrected chi connectivity index (χ0v) is 12.8. The minimum absolute atomic E-state index is 0.196. The first-order valence-electron chi connectivity index (χ1n) is 7.59. The van der Waals surface area contributed by atoms with Crippen LogP contribution < -0.4 is 10.6 Å². The number of carbonyl (C=O) groups is 1. The second-order valence-electron chi connectivity index (χ2n) is 5.49. The second-order valence-corrected chi connectivity index (χ2v) is 5.49. The molecule has 0 radical (unpaired) electrons. The van der Waals surface area contributed by atoms with Crippen molar-refractivity contribution in [2.75, 3.05) is 37.6 Å². The molecule has 0 atom stereocenters. The fourth-order valence-corrected chi connectivity index (χ4v) is 2.73. The third kappa shape index (κ3) is 2.87. The number of nitrogens with two attached hydrogens (primary N) is 1. The van der Waals surface area contributed by atoms with Crippen LogP contribution in [0.4, 0.5) is 5.82 Å². The van der Waals surface area contributed by atoms with Crippen LogP contribution >= 0.6 is 0 Å². The van der Waals surface area contributed by atoms with Gasteiger partial charge in [-0.05, 0) is 19.9 Å². The lowest BCUT2D eigenvalue weighted by molar-refractivity contribution is -0.131. The summed E-state index contributed by atoms with van der Waals surface area (Å²) in [5.74, 6) is 1.78. The minimum Gasteiger partial charge on any atom is -0.353 e. The summed E-state index contributed by atoms with van der Waals surface area (Å²) in [5, 5.41) is 4.24. The van der Waals surface area contributed by atoms with Crippen molar-refractivity contribution < 1.29 is 4.79 Å². The number of aryl methyl sites for hydroxylation is 1. The third-order valence-corrected chi connectivity index (χ3v) is 3.91. The molecule has 2 aromatic rings. The number of hydrogen-bond donors (Lipinski definition) is 1. The van der Waals surface area contributed by atoms with Gasteiger partial charge < -0.3 is 15.5 Å². The zero-order valence-electron chi connectivity index (χ0n) is 12.8. The first-order valence-corrected chi connectivity index (χ1v) is 7.59. The van der Waals surface area contributed by atoms with Crippen molar-refractivity contribution in [3.05, 3.63) is 18.1 Å². The summed E-state index contributed by atoms with van der Waals surface area (Å²) in [5.41, 5.74) is 6.37. The molecule has 1 aliphatic rings. The third-order valence-electron chi connectivity index (χ3n) is 3.91. The average molecular weight is 303 g/mol. The van der Waals surface area contributed by atoms with Crippen molar-refractivity contribution >= 4 is 17.5 Å². The van der Waals surface area contributed by atoms with E-state index in [9.17, 15) is 4.79 Å². The Balaban J connectivity index is 1.70. The summed E-state index contributed by atoms with van der Waals surface area (Å²) in [6, 6.07) is 2.01. The molecule has 1 saturated heterocycles. The molecular weight excluding hydrogens is 282 g/mol. The molecule has 0 spiro atoms. The van der Waals surface area contributed by atoms with E-state index in [1.807, 2.05) is 17.9 Å². The van der Waals surface area contributed by atoms with Crippen LogP contribution in [0.25, 0.3) is 5.78 Å². The summed E-state index contributed by atoms with van der Waals surface area (Å²) < 4.78 is 1.75. The van der Waals surface area contributed by atoms with Crippen molar-refractivity contribution in [2.45, 2.75) is 19.8 Å². The van der Waals surface area contributed by atoms with E-state index in [0.717, 1.165) is 44.1 Å². The van der Waals surface area contributed by atoms with E-state index in [1.165, 1.54) is 6.33 Å². The topological polar surface area (TPSA) is 92.7 Å². The highest BCUT2D eigenvalue weighted by molar-refractivity contribution is 5.76. The fraction of sp³-hybridized carbons (Fsp3) is 0.571. The average Bonchev–Trinajstić information content (AvgIpc) is 3.00. The number of amides is 1. The van der Waals surface area contributed by atoms with Crippen LogP contribution in [0.1, 0.15) is 18.5 Å². The summed E-state index contributed by atoms with van der Waals surface area (Å²) in [4.78, 5) is 24.7. The maximum atomic E-state index is 12.0. The van der Waals surface area contributed by atoms with E-state index in [0.29, 0.717) is 18.7 Å². The zero-order chi connectivity index (χ0) is 15.5. The first kappa shape index (κ1) is 14.7. The van der Waals surface area contributed by atoms with Crippen molar-refractivity contribution in [1.82, 2.24) is 24.5 Å². The molecule has 2 aromatic heterocycles. The Kier molecular flexibility index (Phi) is 4.19. The number of nitrogens with zero attached hydrogens (tertiary/aromatic N) is 6. The lowest BCUT2D eigenvalue weighted by Crippen LogP contribution is -2.49. The highest BCUT2D eigenvalue weighted by atomic mass is 16.2. The maximum Gasteiger partial charge on any atom is 0.254 e. The molecule has 1 aliphatic heterocycles. The lowest BCUT2D eigenvalue weighted by atomic mass is 10.2. The monoisotopic (exact) mass is 303 g/mol. The largest absolute Gasteiger partial charge is 0.353 e. The Hall–Kier alpha value is -2.22. The molecule has 1 fully saturated rings. The van der Waals surface area contributed by atoms with Crippen LogP contribution in [0.3, 0.4) is 0 Å². The minimum atomic E-state index is 0.196. The maximum absolute atomic E-state index is 12.0. The predicted molar refractivity (Wildman–Crippen MR) is 82.6 cm³/mol. The second kappa shape index (κ2) is 6.27. The lowest BCUT2D eigenvalue weighted by Gasteiger charge is -2.36. The molecule has 22 heavy (non-hydrogen) atoms. The van der Waals surface area contributed by atoms with E-state index in [2.05, 4.69) is 20.0 Å². The Bertz CT molecular complexity index is 660. The van der Waals surface area contributed by atoms with E-state index in [4.69, 9.17) is 5.73 Å². The Morgan fingerprint density at radius 2 is 2.09 bits per heavy atom. The molecule has 8 heteroatoms. The smallest absolute Gasteiger partial charge is 0.254 e. The van der Waals surface area contributed by atoms with Gasteiger partial charge >= 0.3 is 0 Å². The number of piperazine rings is 1. The van der Waals surface area contributed by atoms with Crippen molar-refractivity contribution in [1.29, 1.82) is 0 Å². The molecule has 0 aliphatic carbocycles. The summed E-state index contributed by atoms with van der Waals surface area (Å²) in [6.07, 6.45) is 2.80. The van der Waals surface area contributed by atoms with Crippen LogP contribution in [-0.2, 0) is 4.79 Å². The molecule has 0 unspecified atom stereocenters. The molecule has 2 N–H and O–H groups in total.